The summed E-state index contributed by atoms with van der Waals surface area (Å²) in [6, 6.07) is 9.02. The van der Waals surface area contributed by atoms with Crippen molar-refractivity contribution in [2.45, 2.75) is 6.92 Å². The number of nitro benzene ring substituents is 1. The minimum atomic E-state index is -0.584. The number of methoxy groups -OCH3 is 1. The van der Waals surface area contributed by atoms with Gasteiger partial charge >= 0.3 is 0 Å². The number of benzene rings is 2. The first-order valence-corrected chi connectivity index (χ1v) is 8.86. The fourth-order valence-electron chi connectivity index (χ4n) is 2.93. The predicted molar refractivity (Wildman–Crippen MR) is 106 cm³/mol. The topological polar surface area (TPSA) is 156 Å². The summed E-state index contributed by atoms with van der Waals surface area (Å²) >= 11 is 0. The van der Waals surface area contributed by atoms with Crippen LogP contribution in [0, 0.1) is 17.0 Å². The van der Waals surface area contributed by atoms with Gasteiger partial charge in [0.25, 0.3) is 11.6 Å². The molecule has 0 saturated heterocycles. The van der Waals surface area contributed by atoms with Crippen LogP contribution in [0.3, 0.4) is 0 Å². The molecule has 1 amide bonds. The average molecular weight is 421 g/mol. The van der Waals surface area contributed by atoms with Gasteiger partial charge in [-0.1, -0.05) is 0 Å². The monoisotopic (exact) mass is 421 g/mol. The molecule has 31 heavy (non-hydrogen) atoms. The van der Waals surface area contributed by atoms with Crippen molar-refractivity contribution < 1.29 is 14.5 Å². The molecule has 0 bridgehead atoms. The van der Waals surface area contributed by atoms with E-state index in [0.29, 0.717) is 22.9 Å². The Morgan fingerprint density at radius 2 is 2.03 bits per heavy atom. The van der Waals surface area contributed by atoms with E-state index < -0.39 is 10.8 Å². The van der Waals surface area contributed by atoms with Crippen LogP contribution in [0.5, 0.6) is 5.75 Å². The Labute approximate surface area is 174 Å². The number of hydrogen-bond donors (Lipinski definition) is 1. The standard InChI is InChI=1S/C18H15N9O4/c1-11-22-23-24-26(11)16-8-13(4-6-17(16)31-2)21-18(28)12-3-5-14(15(7-12)27(29)30)25-10-19-9-20-25/h3-10H,1-2H3,(H,21,28). The molecule has 0 radical (unpaired) electrons. The van der Waals surface area contributed by atoms with Crippen LogP contribution in [0.4, 0.5) is 11.4 Å². The number of nitro groups is 1. The van der Waals surface area contributed by atoms with Crippen LogP contribution in [-0.2, 0) is 0 Å². The van der Waals surface area contributed by atoms with Crippen molar-refractivity contribution in [3.05, 3.63) is 70.6 Å². The van der Waals surface area contributed by atoms with Gasteiger partial charge in [0.15, 0.2) is 5.82 Å². The van der Waals surface area contributed by atoms with E-state index in [1.807, 2.05) is 0 Å². The molecule has 13 nitrogen and oxygen atoms in total. The third-order valence-corrected chi connectivity index (χ3v) is 4.39. The minimum Gasteiger partial charge on any atom is -0.494 e. The second kappa shape index (κ2) is 7.98. The van der Waals surface area contributed by atoms with Gasteiger partial charge in [-0.25, -0.2) is 9.67 Å². The Kier molecular flexibility index (Phi) is 5.05. The number of hydrogen-bond acceptors (Lipinski definition) is 9. The zero-order chi connectivity index (χ0) is 22.0. The van der Waals surface area contributed by atoms with Crippen molar-refractivity contribution in [2.24, 2.45) is 0 Å². The molecule has 0 aliphatic rings. The summed E-state index contributed by atoms with van der Waals surface area (Å²) < 4.78 is 8.06. The second-order valence-electron chi connectivity index (χ2n) is 6.28. The molecule has 0 spiro atoms. The van der Waals surface area contributed by atoms with Crippen LogP contribution in [0.25, 0.3) is 11.4 Å². The van der Waals surface area contributed by atoms with Gasteiger partial charge in [0, 0.05) is 17.3 Å². The average Bonchev–Trinajstić information content (AvgIpc) is 3.45. The second-order valence-corrected chi connectivity index (χ2v) is 6.28. The maximum atomic E-state index is 12.8. The first-order chi connectivity index (χ1) is 15.0. The van der Waals surface area contributed by atoms with Crippen molar-refractivity contribution in [3.8, 4) is 17.1 Å². The summed E-state index contributed by atoms with van der Waals surface area (Å²) in [7, 11) is 1.51. The zero-order valence-electron chi connectivity index (χ0n) is 16.3. The van der Waals surface area contributed by atoms with E-state index in [9.17, 15) is 14.9 Å². The first kappa shape index (κ1) is 19.6. The molecule has 2 aromatic heterocycles. The third-order valence-electron chi connectivity index (χ3n) is 4.39. The number of carbonyl (C=O) groups is 1. The third kappa shape index (κ3) is 3.78. The molecule has 13 heteroatoms. The van der Waals surface area contributed by atoms with Crippen molar-refractivity contribution >= 4 is 17.3 Å². The smallest absolute Gasteiger partial charge is 0.295 e. The number of ether oxygens (including phenoxy) is 1. The summed E-state index contributed by atoms with van der Waals surface area (Å²) in [5.74, 6) is 0.500. The van der Waals surface area contributed by atoms with E-state index in [1.54, 1.807) is 25.1 Å². The van der Waals surface area contributed by atoms with Crippen LogP contribution < -0.4 is 10.1 Å². The molecule has 0 aliphatic heterocycles. The maximum Gasteiger partial charge on any atom is 0.295 e. The Hall–Kier alpha value is -4.68. The SMILES string of the molecule is COc1ccc(NC(=O)c2ccc(-n3cncn3)c([N+](=O)[O-])c2)cc1-n1nnnc1C. The molecule has 2 heterocycles. The lowest BCUT2D eigenvalue weighted by atomic mass is 10.1. The zero-order valence-corrected chi connectivity index (χ0v) is 16.3. The maximum absolute atomic E-state index is 12.8. The van der Waals surface area contributed by atoms with Crippen LogP contribution in [0.15, 0.2) is 49.1 Å². The van der Waals surface area contributed by atoms with Crippen molar-refractivity contribution in [3.63, 3.8) is 0 Å². The Bertz CT molecular complexity index is 1270. The van der Waals surface area contributed by atoms with Crippen molar-refractivity contribution in [1.29, 1.82) is 0 Å². The quantitative estimate of drug-likeness (QED) is 0.362. The Morgan fingerprint density at radius 1 is 1.19 bits per heavy atom. The largest absolute Gasteiger partial charge is 0.494 e. The van der Waals surface area contributed by atoms with E-state index in [4.69, 9.17) is 4.74 Å². The number of nitrogens with zero attached hydrogens (tertiary/aromatic N) is 8. The highest BCUT2D eigenvalue weighted by atomic mass is 16.6. The highest BCUT2D eigenvalue weighted by Crippen LogP contribution is 2.28. The van der Waals surface area contributed by atoms with Crippen LogP contribution in [-0.4, -0.2) is 52.9 Å². The Balaban J connectivity index is 1.65. The predicted octanol–water partition coefficient (Wildman–Crippen LogP) is 1.72. The lowest BCUT2D eigenvalue weighted by molar-refractivity contribution is -0.384. The summed E-state index contributed by atoms with van der Waals surface area (Å²) in [4.78, 5) is 27.5. The normalized spacial score (nSPS) is 10.6. The molecule has 2 aromatic carbocycles. The molecule has 0 aliphatic carbocycles. The minimum absolute atomic E-state index is 0.103. The van der Waals surface area contributed by atoms with Gasteiger partial charge in [0.2, 0.25) is 0 Å². The summed E-state index contributed by atoms with van der Waals surface area (Å²) in [5.41, 5.74) is 0.971. The molecule has 4 aromatic rings. The highest BCUT2D eigenvalue weighted by molar-refractivity contribution is 6.05. The molecule has 156 valence electrons. The van der Waals surface area contributed by atoms with Gasteiger partial charge in [-0.2, -0.15) is 9.78 Å². The molecule has 0 fully saturated rings. The van der Waals surface area contributed by atoms with Crippen molar-refractivity contribution in [2.75, 3.05) is 12.4 Å². The number of nitrogens with one attached hydrogen (secondary N) is 1. The molecule has 0 unspecified atom stereocenters. The van der Waals surface area contributed by atoms with Crippen LogP contribution in [0.2, 0.25) is 0 Å². The highest BCUT2D eigenvalue weighted by Gasteiger charge is 2.20. The molecule has 1 N–H and O–H groups in total. The lowest BCUT2D eigenvalue weighted by Gasteiger charge is -2.12. The number of amides is 1. The number of aryl methyl sites for hydroxylation is 1. The van der Waals surface area contributed by atoms with Crippen LogP contribution in [0.1, 0.15) is 16.2 Å². The van der Waals surface area contributed by atoms with Crippen molar-refractivity contribution in [1.82, 2.24) is 35.0 Å². The van der Waals surface area contributed by atoms with E-state index >= 15 is 0 Å². The van der Waals surface area contributed by atoms with E-state index in [-0.39, 0.29) is 16.9 Å². The molecular weight excluding hydrogens is 406 g/mol. The molecule has 0 atom stereocenters. The molecule has 4 rings (SSSR count). The van der Waals surface area contributed by atoms with Gasteiger partial charge in [-0.15, -0.1) is 5.10 Å². The lowest BCUT2D eigenvalue weighted by Crippen LogP contribution is -2.13. The molecular formula is C18H15N9O4. The number of anilines is 1. The van der Waals surface area contributed by atoms with E-state index in [0.717, 1.165) is 0 Å². The summed E-state index contributed by atoms with van der Waals surface area (Å²) in [6.07, 6.45) is 2.60. The number of rotatable bonds is 6. The van der Waals surface area contributed by atoms with E-state index in [2.05, 4.69) is 30.9 Å². The fourth-order valence-corrected chi connectivity index (χ4v) is 2.93. The summed E-state index contributed by atoms with van der Waals surface area (Å²) in [5, 5.41) is 29.5. The fraction of sp³-hybridized carbons (Fsp3) is 0.111. The van der Waals surface area contributed by atoms with Crippen LogP contribution >= 0.6 is 0 Å². The first-order valence-electron chi connectivity index (χ1n) is 8.86. The van der Waals surface area contributed by atoms with Gasteiger partial charge in [0.1, 0.15) is 29.8 Å². The van der Waals surface area contributed by atoms with E-state index in [1.165, 1.54) is 47.3 Å². The van der Waals surface area contributed by atoms with Gasteiger partial charge in [0.05, 0.1) is 12.0 Å². The summed E-state index contributed by atoms with van der Waals surface area (Å²) in [6.45, 7) is 1.72. The number of carbonyl (C=O) groups excluding carboxylic acids is 1. The van der Waals surface area contributed by atoms with Gasteiger partial charge in [-0.3, -0.25) is 14.9 Å². The Morgan fingerprint density at radius 3 is 2.68 bits per heavy atom. The van der Waals surface area contributed by atoms with Gasteiger partial charge < -0.3 is 10.1 Å². The molecule has 0 saturated carbocycles. The number of tetrazole rings is 1. The number of aromatic nitrogens is 7. The van der Waals surface area contributed by atoms with Gasteiger partial charge in [-0.05, 0) is 47.7 Å².